The predicted molar refractivity (Wildman–Crippen MR) is 77.5 cm³/mol. The normalized spacial score (nSPS) is 11.7. The topological polar surface area (TPSA) is 63.7 Å². The Hall–Kier alpha value is -0.820. The Morgan fingerprint density at radius 2 is 2.00 bits per heavy atom. The van der Waals surface area contributed by atoms with Crippen LogP contribution in [0.1, 0.15) is 13.3 Å². The Kier molecular flexibility index (Phi) is 6.26. The van der Waals surface area contributed by atoms with Gasteiger partial charge in [-0.2, -0.15) is 0 Å². The van der Waals surface area contributed by atoms with E-state index in [-0.39, 0.29) is 34.5 Å². The van der Waals surface area contributed by atoms with Crippen LogP contribution in [0.4, 0.5) is 0 Å². The molecule has 0 amide bonds. The molecule has 20 heavy (non-hydrogen) atoms. The van der Waals surface area contributed by atoms with E-state index >= 15 is 0 Å². The van der Waals surface area contributed by atoms with Crippen LogP contribution in [0.25, 0.3) is 0 Å². The fraction of sp³-hybridized carbons (Fsp3) is 0.417. The smallest absolute Gasteiger partial charge is 0.307 e. The number of carbonyl (C=O) groups excluding carboxylic acids is 1. The van der Waals surface area contributed by atoms with Crippen LogP contribution in [0.3, 0.4) is 0 Å². The van der Waals surface area contributed by atoms with E-state index < -0.39 is 16.0 Å². The van der Waals surface area contributed by atoms with Crippen LogP contribution < -0.4 is 0 Å². The first kappa shape index (κ1) is 17.2. The summed E-state index contributed by atoms with van der Waals surface area (Å²) >= 11 is 11.7. The van der Waals surface area contributed by atoms with Crippen molar-refractivity contribution in [3.05, 3.63) is 28.2 Å². The summed E-state index contributed by atoms with van der Waals surface area (Å²) in [6, 6.07) is 4.37. The van der Waals surface area contributed by atoms with E-state index in [1.165, 1.54) is 25.2 Å². The lowest BCUT2D eigenvalue weighted by Gasteiger charge is -2.17. The molecule has 0 saturated heterocycles. The molecule has 0 radical (unpaired) electrons. The average Bonchev–Trinajstić information content (AvgIpc) is 2.39. The van der Waals surface area contributed by atoms with E-state index in [9.17, 15) is 13.2 Å². The minimum Gasteiger partial charge on any atom is -0.466 e. The molecule has 0 fully saturated rings. The summed E-state index contributed by atoms with van der Waals surface area (Å²) in [4.78, 5) is 11.2. The zero-order chi connectivity index (χ0) is 15.3. The quantitative estimate of drug-likeness (QED) is 0.747. The number of nitrogens with zero attached hydrogens (tertiary/aromatic N) is 1. The fourth-order valence-electron chi connectivity index (χ4n) is 1.45. The monoisotopic (exact) mass is 339 g/mol. The zero-order valence-electron chi connectivity index (χ0n) is 11.1. The summed E-state index contributed by atoms with van der Waals surface area (Å²) in [5, 5.41) is 0.128. The van der Waals surface area contributed by atoms with E-state index in [4.69, 9.17) is 27.9 Å². The van der Waals surface area contributed by atoms with Gasteiger partial charge < -0.3 is 4.74 Å². The van der Waals surface area contributed by atoms with Crippen molar-refractivity contribution in [2.24, 2.45) is 0 Å². The molecule has 0 aliphatic rings. The summed E-state index contributed by atoms with van der Waals surface area (Å²) in [6.45, 7) is 1.95. The number of carbonyl (C=O) groups is 1. The van der Waals surface area contributed by atoms with Crippen molar-refractivity contribution in [2.75, 3.05) is 20.2 Å². The maximum absolute atomic E-state index is 12.3. The number of sulfonamides is 1. The van der Waals surface area contributed by atoms with Crippen molar-refractivity contribution in [3.63, 3.8) is 0 Å². The molecule has 0 saturated carbocycles. The molecule has 0 heterocycles. The molecule has 0 spiro atoms. The molecule has 5 nitrogen and oxygen atoms in total. The number of halogens is 2. The molecule has 0 unspecified atom stereocenters. The van der Waals surface area contributed by atoms with Crippen LogP contribution in [-0.4, -0.2) is 38.9 Å². The van der Waals surface area contributed by atoms with E-state index in [1.807, 2.05) is 0 Å². The lowest BCUT2D eigenvalue weighted by Crippen LogP contribution is -2.29. The SMILES string of the molecule is CCOC(=O)CCN(C)S(=O)(=O)c1cccc(Cl)c1Cl. The molecule has 8 heteroatoms. The molecule has 0 aliphatic carbocycles. The van der Waals surface area contributed by atoms with Gasteiger partial charge in [0, 0.05) is 13.6 Å². The van der Waals surface area contributed by atoms with Crippen molar-refractivity contribution in [2.45, 2.75) is 18.2 Å². The first-order chi connectivity index (χ1) is 9.30. The van der Waals surface area contributed by atoms with Crippen molar-refractivity contribution in [1.29, 1.82) is 0 Å². The maximum atomic E-state index is 12.3. The van der Waals surface area contributed by atoms with Crippen molar-refractivity contribution in [3.8, 4) is 0 Å². The first-order valence-electron chi connectivity index (χ1n) is 5.86. The second kappa shape index (κ2) is 7.26. The van der Waals surface area contributed by atoms with Crippen LogP contribution >= 0.6 is 23.2 Å². The Labute approximate surface area is 128 Å². The van der Waals surface area contributed by atoms with Gasteiger partial charge >= 0.3 is 5.97 Å². The third kappa shape index (κ3) is 4.09. The van der Waals surface area contributed by atoms with E-state index in [2.05, 4.69) is 0 Å². The molecule has 1 aromatic carbocycles. The van der Waals surface area contributed by atoms with Crippen molar-refractivity contribution in [1.82, 2.24) is 4.31 Å². The number of benzene rings is 1. The van der Waals surface area contributed by atoms with Gasteiger partial charge in [0.05, 0.1) is 23.1 Å². The molecule has 0 aliphatic heterocycles. The number of hydrogen-bond acceptors (Lipinski definition) is 4. The van der Waals surface area contributed by atoms with Gasteiger partial charge in [-0.05, 0) is 19.1 Å². The maximum Gasteiger partial charge on any atom is 0.307 e. The number of esters is 1. The molecule has 0 bridgehead atoms. The molecule has 0 N–H and O–H groups in total. The molecule has 1 rings (SSSR count). The van der Waals surface area contributed by atoms with Gasteiger partial charge in [-0.1, -0.05) is 29.3 Å². The van der Waals surface area contributed by atoms with Crippen LogP contribution in [0.15, 0.2) is 23.1 Å². The van der Waals surface area contributed by atoms with Crippen LogP contribution in [0.2, 0.25) is 10.0 Å². The highest BCUT2D eigenvalue weighted by atomic mass is 35.5. The lowest BCUT2D eigenvalue weighted by molar-refractivity contribution is -0.143. The lowest BCUT2D eigenvalue weighted by atomic mass is 10.4. The highest BCUT2D eigenvalue weighted by Gasteiger charge is 2.25. The van der Waals surface area contributed by atoms with Gasteiger partial charge in [0.2, 0.25) is 10.0 Å². The van der Waals surface area contributed by atoms with Crippen LogP contribution in [0.5, 0.6) is 0 Å². The average molecular weight is 340 g/mol. The Bertz CT molecular complexity index is 589. The molecule has 0 atom stereocenters. The Balaban J connectivity index is 2.88. The summed E-state index contributed by atoms with van der Waals surface area (Å²) < 4.78 is 30.4. The Morgan fingerprint density at radius 1 is 1.35 bits per heavy atom. The van der Waals surface area contributed by atoms with E-state index in [1.54, 1.807) is 6.92 Å². The number of ether oxygens (including phenoxy) is 1. The highest BCUT2D eigenvalue weighted by molar-refractivity contribution is 7.89. The van der Waals surface area contributed by atoms with Gasteiger partial charge in [-0.3, -0.25) is 4.79 Å². The highest BCUT2D eigenvalue weighted by Crippen LogP contribution is 2.30. The third-order valence-electron chi connectivity index (χ3n) is 2.54. The van der Waals surface area contributed by atoms with E-state index in [0.717, 1.165) is 4.31 Å². The van der Waals surface area contributed by atoms with E-state index in [0.29, 0.717) is 0 Å². The first-order valence-corrected chi connectivity index (χ1v) is 8.06. The van der Waals surface area contributed by atoms with Crippen LogP contribution in [-0.2, 0) is 19.6 Å². The second-order valence-electron chi connectivity index (χ2n) is 3.93. The molecular weight excluding hydrogens is 325 g/mol. The van der Waals surface area contributed by atoms with Crippen molar-refractivity contribution < 1.29 is 17.9 Å². The second-order valence-corrected chi connectivity index (χ2v) is 6.73. The largest absolute Gasteiger partial charge is 0.466 e. The third-order valence-corrected chi connectivity index (χ3v) is 5.37. The summed E-state index contributed by atoms with van der Waals surface area (Å²) in [5.41, 5.74) is 0. The Morgan fingerprint density at radius 3 is 2.60 bits per heavy atom. The summed E-state index contributed by atoms with van der Waals surface area (Å²) in [5.74, 6) is -0.452. The molecular formula is C12H15Cl2NO4S. The zero-order valence-corrected chi connectivity index (χ0v) is 13.4. The fourth-order valence-corrected chi connectivity index (χ4v) is 3.36. The minimum atomic E-state index is -3.79. The molecule has 0 aromatic heterocycles. The number of hydrogen-bond donors (Lipinski definition) is 0. The molecule has 112 valence electrons. The van der Waals surface area contributed by atoms with Gasteiger partial charge in [0.15, 0.2) is 0 Å². The summed E-state index contributed by atoms with van der Waals surface area (Å²) in [7, 11) is -2.43. The predicted octanol–water partition coefficient (Wildman–Crippen LogP) is 2.57. The van der Waals surface area contributed by atoms with Crippen LogP contribution in [0, 0.1) is 0 Å². The van der Waals surface area contributed by atoms with Gasteiger partial charge in [-0.15, -0.1) is 0 Å². The number of rotatable bonds is 6. The van der Waals surface area contributed by atoms with Gasteiger partial charge in [-0.25, -0.2) is 12.7 Å². The standard InChI is InChI=1S/C12H15Cl2NO4S/c1-3-19-11(16)7-8-15(2)20(17,18)10-6-4-5-9(13)12(10)14/h4-6H,3,7-8H2,1-2H3. The van der Waals surface area contributed by atoms with Crippen molar-refractivity contribution >= 4 is 39.2 Å². The summed E-state index contributed by atoms with van der Waals surface area (Å²) in [6.07, 6.45) is -0.0260. The molecule has 1 aromatic rings. The minimum absolute atomic E-state index is 0.00398. The van der Waals surface area contributed by atoms with Gasteiger partial charge in [0.25, 0.3) is 0 Å². The van der Waals surface area contributed by atoms with Gasteiger partial charge in [0.1, 0.15) is 4.90 Å².